The molecule has 1 aliphatic heterocycles. The van der Waals surface area contributed by atoms with Crippen molar-refractivity contribution in [1.29, 1.82) is 0 Å². The number of allylic oxidation sites excluding steroid dienone is 1. The summed E-state index contributed by atoms with van der Waals surface area (Å²) >= 11 is 0. The molecular formula is C11H17N3. The molecule has 0 radical (unpaired) electrons. The van der Waals surface area contributed by atoms with Crippen molar-refractivity contribution in [2.24, 2.45) is 4.99 Å². The Hall–Kier alpha value is -1.51. The third kappa shape index (κ3) is 2.76. The molecule has 1 aliphatic rings. The molecule has 0 fully saturated rings. The summed E-state index contributed by atoms with van der Waals surface area (Å²) in [7, 11) is 1.89. The highest BCUT2D eigenvalue weighted by atomic mass is 15.0. The fourth-order valence-corrected chi connectivity index (χ4v) is 1.33. The van der Waals surface area contributed by atoms with E-state index in [4.69, 9.17) is 0 Å². The van der Waals surface area contributed by atoms with Crippen LogP contribution < -0.4 is 10.6 Å². The van der Waals surface area contributed by atoms with Gasteiger partial charge in [-0.05, 0) is 25.5 Å². The van der Waals surface area contributed by atoms with E-state index in [0.717, 1.165) is 11.4 Å². The maximum Gasteiger partial charge on any atom is 0.0982 e. The van der Waals surface area contributed by atoms with E-state index in [1.807, 2.05) is 45.4 Å². The van der Waals surface area contributed by atoms with Crippen LogP contribution in [0.4, 0.5) is 0 Å². The Balaban J connectivity index is 2.83. The second-order valence-electron chi connectivity index (χ2n) is 3.10. The van der Waals surface area contributed by atoms with E-state index in [-0.39, 0.29) is 6.04 Å². The van der Waals surface area contributed by atoms with Crippen molar-refractivity contribution in [3.8, 4) is 0 Å². The summed E-state index contributed by atoms with van der Waals surface area (Å²) in [5.41, 5.74) is 1.16. The summed E-state index contributed by atoms with van der Waals surface area (Å²) in [6, 6.07) is 0.125. The van der Waals surface area contributed by atoms with E-state index < -0.39 is 0 Å². The van der Waals surface area contributed by atoms with Crippen molar-refractivity contribution in [3.63, 3.8) is 0 Å². The number of nitrogens with one attached hydrogen (secondary N) is 2. The lowest BCUT2D eigenvalue weighted by atomic mass is 10.1. The Labute approximate surface area is 85.3 Å². The Morgan fingerprint density at radius 2 is 2.43 bits per heavy atom. The topological polar surface area (TPSA) is 36.4 Å². The predicted octanol–water partition coefficient (Wildman–Crippen LogP) is 1.57. The Kier molecular flexibility index (Phi) is 3.98. The summed E-state index contributed by atoms with van der Waals surface area (Å²) in [6.07, 6.45) is 10.0. The highest BCUT2D eigenvalue weighted by molar-refractivity contribution is 5.82. The van der Waals surface area contributed by atoms with E-state index in [0.29, 0.717) is 0 Å². The van der Waals surface area contributed by atoms with Crippen LogP contribution in [0.5, 0.6) is 0 Å². The summed E-state index contributed by atoms with van der Waals surface area (Å²) in [4.78, 5) is 4.48. The van der Waals surface area contributed by atoms with Crippen LogP contribution in [0.2, 0.25) is 0 Å². The Bertz CT molecular complexity index is 298. The van der Waals surface area contributed by atoms with Gasteiger partial charge in [-0.2, -0.15) is 0 Å². The monoisotopic (exact) mass is 191 g/mol. The largest absolute Gasteiger partial charge is 0.394 e. The fourth-order valence-electron chi connectivity index (χ4n) is 1.33. The first kappa shape index (κ1) is 10.6. The van der Waals surface area contributed by atoms with Crippen LogP contribution in [0, 0.1) is 0 Å². The minimum atomic E-state index is 0.125. The lowest BCUT2D eigenvalue weighted by Crippen LogP contribution is -2.22. The van der Waals surface area contributed by atoms with Gasteiger partial charge in [-0.1, -0.05) is 12.2 Å². The van der Waals surface area contributed by atoms with E-state index >= 15 is 0 Å². The fraction of sp³-hybridized carbons (Fsp3) is 0.364. The standard InChI is InChI=1S/C11H17N3/c1-4-5-10(8-12-3)11-6-7-13-9(2)14-11/h4-8,11-12H,1-3H3,(H,13,14)/b5-4-,10-8+. The molecule has 0 spiro atoms. The van der Waals surface area contributed by atoms with Gasteiger partial charge >= 0.3 is 0 Å². The smallest absolute Gasteiger partial charge is 0.0982 e. The quantitative estimate of drug-likeness (QED) is 0.664. The Morgan fingerprint density at radius 3 is 3.00 bits per heavy atom. The minimum Gasteiger partial charge on any atom is -0.394 e. The van der Waals surface area contributed by atoms with E-state index in [1.54, 1.807) is 0 Å². The maximum absolute atomic E-state index is 4.48. The van der Waals surface area contributed by atoms with Crippen LogP contribution >= 0.6 is 0 Å². The van der Waals surface area contributed by atoms with Crippen molar-refractivity contribution in [2.45, 2.75) is 19.9 Å². The van der Waals surface area contributed by atoms with Crippen molar-refractivity contribution >= 4 is 5.84 Å². The number of rotatable bonds is 3. The molecule has 2 N–H and O–H groups in total. The molecule has 1 unspecified atom stereocenters. The van der Waals surface area contributed by atoms with Gasteiger partial charge < -0.3 is 10.6 Å². The van der Waals surface area contributed by atoms with E-state index in [9.17, 15) is 0 Å². The molecule has 0 aromatic heterocycles. The number of amidine groups is 1. The SMILES string of the molecule is C/C=C\C(=C/NC)C1C=CNC(C)=N1. The van der Waals surface area contributed by atoms with Crippen molar-refractivity contribution in [3.05, 3.63) is 36.2 Å². The molecule has 1 heterocycles. The second-order valence-corrected chi connectivity index (χ2v) is 3.10. The number of hydrogen-bond acceptors (Lipinski definition) is 3. The summed E-state index contributed by atoms with van der Waals surface area (Å²) < 4.78 is 0. The summed E-state index contributed by atoms with van der Waals surface area (Å²) in [5, 5.41) is 6.08. The normalized spacial score (nSPS) is 22.1. The Morgan fingerprint density at radius 1 is 1.64 bits per heavy atom. The van der Waals surface area contributed by atoms with Crippen molar-refractivity contribution in [2.75, 3.05) is 7.05 Å². The van der Waals surface area contributed by atoms with Crippen LogP contribution in [0.15, 0.2) is 41.2 Å². The maximum atomic E-state index is 4.48. The van der Waals surface area contributed by atoms with Gasteiger partial charge in [0.1, 0.15) is 0 Å². The molecule has 1 rings (SSSR count). The third-order valence-corrected chi connectivity index (χ3v) is 1.92. The van der Waals surface area contributed by atoms with Gasteiger partial charge in [-0.25, -0.2) is 0 Å². The summed E-state index contributed by atoms with van der Waals surface area (Å²) in [5.74, 6) is 0.948. The van der Waals surface area contributed by atoms with Crippen molar-refractivity contribution < 1.29 is 0 Å². The highest BCUT2D eigenvalue weighted by Gasteiger charge is 2.09. The lowest BCUT2D eigenvalue weighted by Gasteiger charge is -2.15. The number of hydrogen-bond donors (Lipinski definition) is 2. The zero-order valence-corrected chi connectivity index (χ0v) is 8.91. The zero-order chi connectivity index (χ0) is 10.4. The van der Waals surface area contributed by atoms with Crippen LogP contribution in [0.3, 0.4) is 0 Å². The van der Waals surface area contributed by atoms with Crippen LogP contribution in [-0.4, -0.2) is 18.9 Å². The van der Waals surface area contributed by atoms with Gasteiger partial charge in [-0.3, -0.25) is 4.99 Å². The van der Waals surface area contributed by atoms with Gasteiger partial charge in [0, 0.05) is 19.4 Å². The van der Waals surface area contributed by atoms with Crippen LogP contribution in [0.1, 0.15) is 13.8 Å². The highest BCUT2D eigenvalue weighted by Crippen LogP contribution is 2.11. The molecular weight excluding hydrogens is 174 g/mol. The summed E-state index contributed by atoms with van der Waals surface area (Å²) in [6.45, 7) is 3.97. The third-order valence-electron chi connectivity index (χ3n) is 1.92. The zero-order valence-electron chi connectivity index (χ0n) is 8.91. The van der Waals surface area contributed by atoms with E-state index in [2.05, 4.69) is 21.7 Å². The molecule has 3 nitrogen and oxygen atoms in total. The predicted molar refractivity (Wildman–Crippen MR) is 61.1 cm³/mol. The number of aliphatic imine (C=N–C) groups is 1. The molecule has 0 saturated heterocycles. The first-order valence-corrected chi connectivity index (χ1v) is 4.75. The first-order valence-electron chi connectivity index (χ1n) is 4.75. The van der Waals surface area contributed by atoms with Gasteiger partial charge in [-0.15, -0.1) is 0 Å². The molecule has 1 atom stereocenters. The number of nitrogens with zero attached hydrogens (tertiary/aromatic N) is 1. The van der Waals surface area contributed by atoms with Crippen LogP contribution in [-0.2, 0) is 0 Å². The van der Waals surface area contributed by atoms with E-state index in [1.165, 1.54) is 0 Å². The van der Waals surface area contributed by atoms with Gasteiger partial charge in [0.15, 0.2) is 0 Å². The molecule has 0 bridgehead atoms. The average Bonchev–Trinajstić information content (AvgIpc) is 2.17. The van der Waals surface area contributed by atoms with Gasteiger partial charge in [0.05, 0.1) is 11.9 Å². The van der Waals surface area contributed by atoms with Gasteiger partial charge in [0.25, 0.3) is 0 Å². The molecule has 0 aromatic rings. The molecule has 0 aromatic carbocycles. The lowest BCUT2D eigenvalue weighted by molar-refractivity contribution is 0.906. The molecule has 3 heteroatoms. The molecule has 76 valence electrons. The second kappa shape index (κ2) is 5.27. The van der Waals surface area contributed by atoms with Crippen LogP contribution in [0.25, 0.3) is 0 Å². The molecule has 0 aliphatic carbocycles. The first-order chi connectivity index (χ1) is 6.77. The molecule has 14 heavy (non-hydrogen) atoms. The average molecular weight is 191 g/mol. The minimum absolute atomic E-state index is 0.125. The molecule has 0 saturated carbocycles. The van der Waals surface area contributed by atoms with Crippen molar-refractivity contribution in [1.82, 2.24) is 10.6 Å². The van der Waals surface area contributed by atoms with Gasteiger partial charge in [0.2, 0.25) is 0 Å². The molecule has 0 amide bonds.